The highest BCUT2D eigenvalue weighted by Crippen LogP contribution is 2.35. The fourth-order valence-electron chi connectivity index (χ4n) is 1.24. The SMILES string of the molecule is CNC(C)(C#N)CCCOC(C(F)(F)F)C(F)(F)F. The average Bonchev–Trinajstić information content (AvgIpc) is 2.24. The number of alkyl halides is 6. The van der Waals surface area contributed by atoms with Crippen molar-refractivity contribution < 1.29 is 31.1 Å². The van der Waals surface area contributed by atoms with E-state index in [4.69, 9.17) is 5.26 Å². The van der Waals surface area contributed by atoms with Crippen molar-refractivity contribution in [1.82, 2.24) is 5.32 Å². The van der Waals surface area contributed by atoms with Crippen LogP contribution in [0.4, 0.5) is 26.3 Å². The van der Waals surface area contributed by atoms with E-state index < -0.39 is 30.6 Å². The summed E-state index contributed by atoms with van der Waals surface area (Å²) < 4.78 is 76.5. The molecule has 0 aromatic rings. The van der Waals surface area contributed by atoms with E-state index in [0.29, 0.717) is 0 Å². The van der Waals surface area contributed by atoms with Crippen molar-refractivity contribution in [3.63, 3.8) is 0 Å². The molecule has 0 fully saturated rings. The number of rotatable bonds is 6. The Morgan fingerprint density at radius 1 is 1.16 bits per heavy atom. The molecule has 0 rings (SSSR count). The van der Waals surface area contributed by atoms with E-state index in [2.05, 4.69) is 10.1 Å². The number of halogens is 6. The Morgan fingerprint density at radius 2 is 1.63 bits per heavy atom. The topological polar surface area (TPSA) is 45.0 Å². The van der Waals surface area contributed by atoms with E-state index in [0.717, 1.165) is 0 Å². The van der Waals surface area contributed by atoms with Gasteiger partial charge in [-0.05, 0) is 26.8 Å². The highest BCUT2D eigenvalue weighted by atomic mass is 19.4. The summed E-state index contributed by atoms with van der Waals surface area (Å²) in [6.45, 7) is 0.751. The maximum atomic E-state index is 12.1. The Balaban J connectivity index is 4.35. The molecule has 0 aliphatic carbocycles. The molecule has 1 N–H and O–H groups in total. The fraction of sp³-hybridized carbons (Fsp3) is 0.900. The molecule has 0 aliphatic rings. The molecule has 0 aromatic carbocycles. The van der Waals surface area contributed by atoms with Crippen molar-refractivity contribution in [2.45, 2.75) is 43.8 Å². The van der Waals surface area contributed by atoms with Crippen molar-refractivity contribution in [3.05, 3.63) is 0 Å². The molecule has 0 saturated carbocycles. The smallest absolute Gasteiger partial charge is 0.361 e. The monoisotopic (exact) mass is 292 g/mol. The second-order valence-corrected chi connectivity index (χ2v) is 4.13. The van der Waals surface area contributed by atoms with Gasteiger partial charge in [-0.1, -0.05) is 0 Å². The van der Waals surface area contributed by atoms with Crippen LogP contribution in [0.25, 0.3) is 0 Å². The minimum Gasteiger partial charge on any atom is -0.361 e. The number of hydrogen-bond donors (Lipinski definition) is 1. The van der Waals surface area contributed by atoms with E-state index in [1.807, 2.05) is 6.07 Å². The van der Waals surface area contributed by atoms with E-state index in [-0.39, 0.29) is 12.8 Å². The zero-order valence-corrected chi connectivity index (χ0v) is 10.3. The van der Waals surface area contributed by atoms with Crippen LogP contribution in [-0.4, -0.2) is 37.7 Å². The predicted octanol–water partition coefficient (Wildman–Crippen LogP) is 2.78. The molecule has 0 heterocycles. The van der Waals surface area contributed by atoms with Gasteiger partial charge in [0.2, 0.25) is 6.10 Å². The lowest BCUT2D eigenvalue weighted by molar-refractivity contribution is -0.321. The summed E-state index contributed by atoms with van der Waals surface area (Å²) in [5.41, 5.74) is -1.00. The second kappa shape index (κ2) is 6.43. The molecule has 1 atom stereocenters. The highest BCUT2D eigenvalue weighted by molar-refractivity contribution is 5.02. The van der Waals surface area contributed by atoms with Crippen molar-refractivity contribution in [2.75, 3.05) is 13.7 Å². The van der Waals surface area contributed by atoms with E-state index in [9.17, 15) is 26.3 Å². The first kappa shape index (κ1) is 18.0. The van der Waals surface area contributed by atoms with Gasteiger partial charge in [-0.15, -0.1) is 0 Å². The maximum absolute atomic E-state index is 12.1. The summed E-state index contributed by atoms with van der Waals surface area (Å²) in [7, 11) is 1.47. The first-order valence-electron chi connectivity index (χ1n) is 5.31. The summed E-state index contributed by atoms with van der Waals surface area (Å²) in [6.07, 6.45) is -14.8. The third kappa shape index (κ3) is 6.11. The lowest BCUT2D eigenvalue weighted by Gasteiger charge is -2.24. The van der Waals surface area contributed by atoms with Crippen LogP contribution < -0.4 is 5.32 Å². The maximum Gasteiger partial charge on any atom is 0.423 e. The minimum atomic E-state index is -5.50. The van der Waals surface area contributed by atoms with Gasteiger partial charge in [-0.3, -0.25) is 0 Å². The van der Waals surface area contributed by atoms with Gasteiger partial charge in [-0.25, -0.2) is 0 Å². The van der Waals surface area contributed by atoms with Crippen LogP contribution in [0.5, 0.6) is 0 Å². The molecule has 3 nitrogen and oxygen atoms in total. The van der Waals surface area contributed by atoms with Gasteiger partial charge >= 0.3 is 12.4 Å². The molecular weight excluding hydrogens is 278 g/mol. The Hall–Kier alpha value is -1.01. The third-order valence-electron chi connectivity index (χ3n) is 2.50. The lowest BCUT2D eigenvalue weighted by atomic mass is 9.98. The Bertz CT molecular complexity index is 307. The molecule has 0 amide bonds. The normalized spacial score (nSPS) is 16.2. The lowest BCUT2D eigenvalue weighted by Crippen LogP contribution is -2.44. The molecule has 0 aromatic heterocycles. The standard InChI is InChI=1S/C10H14F6N2O/c1-8(6-17,18-2)4-3-5-19-7(9(11,12)13)10(14,15)16/h7,18H,3-5H2,1-2H3. The van der Waals surface area contributed by atoms with Crippen LogP contribution in [0, 0.1) is 11.3 Å². The van der Waals surface area contributed by atoms with Crippen molar-refractivity contribution in [1.29, 1.82) is 5.26 Å². The zero-order chi connectivity index (χ0) is 15.3. The van der Waals surface area contributed by atoms with E-state index >= 15 is 0 Å². The summed E-state index contributed by atoms with van der Waals surface area (Å²) in [5.74, 6) is 0. The van der Waals surface area contributed by atoms with Crippen LogP contribution in [0.15, 0.2) is 0 Å². The fourth-order valence-corrected chi connectivity index (χ4v) is 1.24. The number of ether oxygens (including phenoxy) is 1. The summed E-state index contributed by atoms with van der Waals surface area (Å²) in [5, 5.41) is 11.4. The highest BCUT2D eigenvalue weighted by Gasteiger charge is 2.57. The Kier molecular flexibility index (Phi) is 6.09. The van der Waals surface area contributed by atoms with Gasteiger partial charge in [-0.2, -0.15) is 31.6 Å². The van der Waals surface area contributed by atoms with Gasteiger partial charge < -0.3 is 10.1 Å². The largest absolute Gasteiger partial charge is 0.423 e. The molecular formula is C10H14F6N2O. The number of nitrogens with zero attached hydrogens (tertiary/aromatic N) is 1. The number of nitriles is 1. The number of hydrogen-bond acceptors (Lipinski definition) is 3. The first-order chi connectivity index (χ1) is 8.46. The second-order valence-electron chi connectivity index (χ2n) is 4.13. The molecule has 1 unspecified atom stereocenters. The van der Waals surface area contributed by atoms with Gasteiger partial charge in [0.05, 0.1) is 6.07 Å². The third-order valence-corrected chi connectivity index (χ3v) is 2.50. The predicted molar refractivity (Wildman–Crippen MR) is 54.2 cm³/mol. The molecule has 0 radical (unpaired) electrons. The Morgan fingerprint density at radius 3 is 1.95 bits per heavy atom. The molecule has 0 aliphatic heterocycles. The molecule has 0 saturated heterocycles. The quantitative estimate of drug-likeness (QED) is 0.605. The van der Waals surface area contributed by atoms with Crippen molar-refractivity contribution in [2.24, 2.45) is 0 Å². The van der Waals surface area contributed by atoms with Gasteiger partial charge in [0.1, 0.15) is 5.54 Å². The van der Waals surface area contributed by atoms with Crippen LogP contribution in [0.3, 0.4) is 0 Å². The van der Waals surface area contributed by atoms with Gasteiger partial charge in [0.25, 0.3) is 0 Å². The van der Waals surface area contributed by atoms with Crippen LogP contribution in [-0.2, 0) is 4.74 Å². The van der Waals surface area contributed by atoms with Crippen LogP contribution >= 0.6 is 0 Å². The molecule has 0 spiro atoms. The summed E-state index contributed by atoms with van der Waals surface area (Å²) >= 11 is 0. The molecule has 112 valence electrons. The summed E-state index contributed by atoms with van der Waals surface area (Å²) in [4.78, 5) is 0. The van der Waals surface area contributed by atoms with Crippen LogP contribution in [0.1, 0.15) is 19.8 Å². The van der Waals surface area contributed by atoms with Crippen molar-refractivity contribution >= 4 is 0 Å². The number of nitrogens with one attached hydrogen (secondary N) is 1. The van der Waals surface area contributed by atoms with E-state index in [1.54, 1.807) is 0 Å². The minimum absolute atomic E-state index is 0.0719. The van der Waals surface area contributed by atoms with Crippen molar-refractivity contribution in [3.8, 4) is 6.07 Å². The van der Waals surface area contributed by atoms with E-state index in [1.165, 1.54) is 14.0 Å². The van der Waals surface area contributed by atoms with Crippen LogP contribution in [0.2, 0.25) is 0 Å². The average molecular weight is 292 g/mol. The molecule has 9 heteroatoms. The molecule has 19 heavy (non-hydrogen) atoms. The van der Waals surface area contributed by atoms with Gasteiger partial charge in [0.15, 0.2) is 0 Å². The molecule has 0 bridgehead atoms. The zero-order valence-electron chi connectivity index (χ0n) is 10.3. The summed E-state index contributed by atoms with van der Waals surface area (Å²) in [6, 6.07) is 1.87. The van der Waals surface area contributed by atoms with Gasteiger partial charge in [0, 0.05) is 6.61 Å². The first-order valence-corrected chi connectivity index (χ1v) is 5.31. The Labute approximate surface area is 106 Å².